The van der Waals surface area contributed by atoms with E-state index in [9.17, 15) is 14.4 Å². The van der Waals surface area contributed by atoms with Gasteiger partial charge in [0.25, 0.3) is 0 Å². The number of hydrogen-bond donors (Lipinski definition) is 3. The molecule has 0 heterocycles. The van der Waals surface area contributed by atoms with Gasteiger partial charge in [-0.15, -0.1) is 0 Å². The molecule has 0 saturated heterocycles. The first kappa shape index (κ1) is 17.7. The Morgan fingerprint density at radius 3 is 2.62 bits per heavy atom. The van der Waals surface area contributed by atoms with Crippen LogP contribution in [-0.2, 0) is 16.0 Å². The second kappa shape index (κ2) is 7.39. The van der Waals surface area contributed by atoms with Gasteiger partial charge in [0, 0.05) is 18.2 Å². The van der Waals surface area contributed by atoms with E-state index in [0.29, 0.717) is 17.8 Å². The van der Waals surface area contributed by atoms with E-state index in [2.05, 4.69) is 22.8 Å². The van der Waals surface area contributed by atoms with Crippen molar-refractivity contribution in [3.63, 3.8) is 0 Å². The number of hydrogen-bond acceptors (Lipinski definition) is 3. The standard InChI is InChI=1S/C20H20N2O4/c1-12-10-15(8-9-16(12)20(25)26)22-19(24)18(23)21-11-14-7-6-13-4-2-3-5-17(13)14/h2-5,8-10,14H,6-7,11H2,1H3,(H,21,23)(H,22,24)(H,25,26). The third-order valence-electron chi connectivity index (χ3n) is 4.69. The van der Waals surface area contributed by atoms with Crippen LogP contribution < -0.4 is 10.6 Å². The number of fused-ring (bicyclic) bond motifs is 1. The number of aromatic carboxylic acids is 1. The average molecular weight is 352 g/mol. The van der Waals surface area contributed by atoms with Crippen molar-refractivity contribution < 1.29 is 19.5 Å². The maximum Gasteiger partial charge on any atom is 0.335 e. The van der Waals surface area contributed by atoms with E-state index in [1.807, 2.05) is 12.1 Å². The minimum atomic E-state index is -1.03. The van der Waals surface area contributed by atoms with Crippen LogP contribution in [0.15, 0.2) is 42.5 Å². The lowest BCUT2D eigenvalue weighted by molar-refractivity contribution is -0.136. The minimum Gasteiger partial charge on any atom is -0.478 e. The van der Waals surface area contributed by atoms with Crippen molar-refractivity contribution in [2.45, 2.75) is 25.7 Å². The fourth-order valence-corrected chi connectivity index (χ4v) is 3.32. The summed E-state index contributed by atoms with van der Waals surface area (Å²) in [7, 11) is 0. The molecule has 3 rings (SSSR count). The summed E-state index contributed by atoms with van der Waals surface area (Å²) in [6.07, 6.45) is 1.94. The second-order valence-corrected chi connectivity index (χ2v) is 6.43. The van der Waals surface area contributed by atoms with E-state index in [-0.39, 0.29) is 11.5 Å². The van der Waals surface area contributed by atoms with Gasteiger partial charge in [0.05, 0.1) is 5.56 Å². The predicted octanol–water partition coefficient (Wildman–Crippen LogP) is 2.48. The normalized spacial score (nSPS) is 15.2. The van der Waals surface area contributed by atoms with Gasteiger partial charge in [0.2, 0.25) is 0 Å². The van der Waals surface area contributed by atoms with Gasteiger partial charge >= 0.3 is 17.8 Å². The van der Waals surface area contributed by atoms with Gasteiger partial charge in [-0.3, -0.25) is 9.59 Å². The highest BCUT2D eigenvalue weighted by molar-refractivity contribution is 6.39. The van der Waals surface area contributed by atoms with Crippen LogP contribution in [0, 0.1) is 6.92 Å². The van der Waals surface area contributed by atoms with Crippen molar-refractivity contribution in [2.75, 3.05) is 11.9 Å². The monoisotopic (exact) mass is 352 g/mol. The molecule has 26 heavy (non-hydrogen) atoms. The summed E-state index contributed by atoms with van der Waals surface area (Å²) in [4.78, 5) is 35.1. The van der Waals surface area contributed by atoms with E-state index >= 15 is 0 Å². The molecule has 1 aliphatic carbocycles. The molecule has 3 N–H and O–H groups in total. The Bertz CT molecular complexity index is 876. The van der Waals surface area contributed by atoms with Gasteiger partial charge < -0.3 is 15.7 Å². The lowest BCUT2D eigenvalue weighted by Crippen LogP contribution is -2.37. The van der Waals surface area contributed by atoms with Gasteiger partial charge in [-0.05, 0) is 54.7 Å². The van der Waals surface area contributed by atoms with Gasteiger partial charge in [-0.2, -0.15) is 0 Å². The minimum absolute atomic E-state index is 0.160. The summed E-state index contributed by atoms with van der Waals surface area (Å²) in [5.41, 5.74) is 3.59. The highest BCUT2D eigenvalue weighted by Gasteiger charge is 2.23. The van der Waals surface area contributed by atoms with Crippen molar-refractivity contribution in [1.82, 2.24) is 5.32 Å². The van der Waals surface area contributed by atoms with Crippen LogP contribution in [0.4, 0.5) is 5.69 Å². The summed E-state index contributed by atoms with van der Waals surface area (Å²) in [6.45, 7) is 2.05. The molecular weight excluding hydrogens is 332 g/mol. The highest BCUT2D eigenvalue weighted by atomic mass is 16.4. The number of nitrogens with one attached hydrogen (secondary N) is 2. The number of aryl methyl sites for hydroxylation is 2. The Morgan fingerprint density at radius 2 is 1.88 bits per heavy atom. The molecule has 2 aromatic carbocycles. The van der Waals surface area contributed by atoms with E-state index in [1.165, 1.54) is 29.3 Å². The van der Waals surface area contributed by atoms with E-state index in [1.54, 1.807) is 6.92 Å². The quantitative estimate of drug-likeness (QED) is 0.737. The van der Waals surface area contributed by atoms with Crippen molar-refractivity contribution in [2.24, 2.45) is 0 Å². The molecule has 134 valence electrons. The third-order valence-corrected chi connectivity index (χ3v) is 4.69. The van der Waals surface area contributed by atoms with Crippen LogP contribution in [0.2, 0.25) is 0 Å². The smallest absolute Gasteiger partial charge is 0.335 e. The summed E-state index contributed by atoms with van der Waals surface area (Å²) in [5.74, 6) is -2.27. The number of benzene rings is 2. The van der Waals surface area contributed by atoms with Gasteiger partial charge in [-0.25, -0.2) is 4.79 Å². The Kier molecular flexibility index (Phi) is 5.02. The van der Waals surface area contributed by atoms with Gasteiger partial charge in [0.15, 0.2) is 0 Å². The molecule has 0 spiro atoms. The Hall–Kier alpha value is -3.15. The fraction of sp³-hybridized carbons (Fsp3) is 0.250. The van der Waals surface area contributed by atoms with E-state index in [0.717, 1.165) is 12.8 Å². The molecule has 6 heteroatoms. The molecular formula is C20H20N2O4. The Labute approximate surface area is 151 Å². The molecule has 0 fully saturated rings. The molecule has 0 aromatic heterocycles. The number of carbonyl (C=O) groups is 3. The second-order valence-electron chi connectivity index (χ2n) is 6.43. The van der Waals surface area contributed by atoms with Crippen LogP contribution in [0.25, 0.3) is 0 Å². The van der Waals surface area contributed by atoms with Gasteiger partial charge in [-0.1, -0.05) is 24.3 Å². The highest BCUT2D eigenvalue weighted by Crippen LogP contribution is 2.32. The summed E-state index contributed by atoms with van der Waals surface area (Å²) >= 11 is 0. The number of anilines is 1. The SMILES string of the molecule is Cc1cc(NC(=O)C(=O)NCC2CCc3ccccc32)ccc1C(=O)O. The first-order valence-electron chi connectivity index (χ1n) is 8.46. The molecule has 0 saturated carbocycles. The summed E-state index contributed by atoms with van der Waals surface area (Å²) in [6, 6.07) is 12.5. The van der Waals surface area contributed by atoms with Crippen molar-refractivity contribution >= 4 is 23.5 Å². The van der Waals surface area contributed by atoms with Crippen LogP contribution in [-0.4, -0.2) is 29.4 Å². The number of carboxylic acids is 1. The van der Waals surface area contributed by atoms with Crippen LogP contribution >= 0.6 is 0 Å². The molecule has 1 atom stereocenters. The molecule has 1 aliphatic rings. The van der Waals surface area contributed by atoms with Crippen LogP contribution in [0.5, 0.6) is 0 Å². The predicted molar refractivity (Wildman–Crippen MR) is 97.3 cm³/mol. The molecule has 6 nitrogen and oxygen atoms in total. The molecule has 2 aromatic rings. The fourth-order valence-electron chi connectivity index (χ4n) is 3.32. The number of rotatable bonds is 4. The topological polar surface area (TPSA) is 95.5 Å². The molecule has 0 bridgehead atoms. The van der Waals surface area contributed by atoms with Crippen LogP contribution in [0.1, 0.15) is 39.4 Å². The summed E-state index contributed by atoms with van der Waals surface area (Å²) < 4.78 is 0. The maximum absolute atomic E-state index is 12.1. The van der Waals surface area contributed by atoms with Crippen molar-refractivity contribution in [3.8, 4) is 0 Å². The number of carboxylic acid groups (broad SMARTS) is 1. The number of carbonyl (C=O) groups excluding carboxylic acids is 2. The zero-order valence-electron chi connectivity index (χ0n) is 14.4. The zero-order chi connectivity index (χ0) is 18.7. The molecule has 0 aliphatic heterocycles. The zero-order valence-corrected chi connectivity index (χ0v) is 14.4. The van der Waals surface area contributed by atoms with E-state index in [4.69, 9.17) is 5.11 Å². The lowest BCUT2D eigenvalue weighted by Gasteiger charge is -2.13. The maximum atomic E-state index is 12.1. The van der Waals surface area contributed by atoms with E-state index < -0.39 is 17.8 Å². The largest absolute Gasteiger partial charge is 0.478 e. The molecule has 2 amide bonds. The van der Waals surface area contributed by atoms with Crippen molar-refractivity contribution in [3.05, 3.63) is 64.7 Å². The first-order valence-corrected chi connectivity index (χ1v) is 8.46. The Balaban J connectivity index is 1.56. The van der Waals surface area contributed by atoms with Crippen LogP contribution in [0.3, 0.4) is 0 Å². The average Bonchev–Trinajstić information content (AvgIpc) is 3.02. The summed E-state index contributed by atoms with van der Waals surface area (Å²) in [5, 5.41) is 14.2. The number of amides is 2. The molecule has 0 radical (unpaired) electrons. The van der Waals surface area contributed by atoms with Crippen molar-refractivity contribution in [1.29, 1.82) is 0 Å². The first-order chi connectivity index (χ1) is 12.5. The lowest BCUT2D eigenvalue weighted by atomic mass is 10.0. The van der Waals surface area contributed by atoms with Gasteiger partial charge in [0.1, 0.15) is 0 Å². The Morgan fingerprint density at radius 1 is 1.12 bits per heavy atom. The third kappa shape index (κ3) is 3.74. The molecule has 1 unspecified atom stereocenters.